The number of carbonyl (C=O) groups excluding carboxylic acids is 4. The van der Waals surface area contributed by atoms with E-state index < -0.39 is 48.6 Å². The molecule has 1 aromatic heterocycles. The lowest BCUT2D eigenvalue weighted by Gasteiger charge is -2.47. The van der Waals surface area contributed by atoms with Crippen molar-refractivity contribution in [2.45, 2.75) is 69.4 Å². The topological polar surface area (TPSA) is 146 Å². The van der Waals surface area contributed by atoms with E-state index in [0.29, 0.717) is 62.6 Å². The summed E-state index contributed by atoms with van der Waals surface area (Å²) in [6.07, 6.45) is -0.171. The fraction of sp³-hybridized carbons (Fsp3) is 0.452. The summed E-state index contributed by atoms with van der Waals surface area (Å²) in [4.78, 5) is 60.0. The number of piperazine rings is 1. The van der Waals surface area contributed by atoms with Gasteiger partial charge in [-0.3, -0.25) is 39.4 Å². The molecule has 3 saturated heterocycles. The van der Waals surface area contributed by atoms with E-state index in [1.807, 2.05) is 15.9 Å². The number of carbonyl (C=O) groups is 4. The zero-order valence-corrected chi connectivity index (χ0v) is 32.7. The van der Waals surface area contributed by atoms with Gasteiger partial charge in [0.05, 0.1) is 55.2 Å². The summed E-state index contributed by atoms with van der Waals surface area (Å²) in [6.45, 7) is 4.30. The second-order valence-corrected chi connectivity index (χ2v) is 16.7. The molecule has 0 spiro atoms. The molecule has 1 unspecified atom stereocenters. The number of aromatic nitrogens is 2. The van der Waals surface area contributed by atoms with Gasteiger partial charge in [-0.25, -0.2) is 17.6 Å². The Morgan fingerprint density at radius 3 is 2.58 bits per heavy atom. The highest BCUT2D eigenvalue weighted by Crippen LogP contribution is 2.45. The van der Waals surface area contributed by atoms with E-state index in [9.17, 15) is 28.0 Å². The van der Waals surface area contributed by atoms with Crippen LogP contribution in [0, 0.1) is 11.6 Å². The van der Waals surface area contributed by atoms with Gasteiger partial charge in [0.25, 0.3) is 12.3 Å². The average molecular weight is 830 g/mol. The van der Waals surface area contributed by atoms with Crippen LogP contribution in [-0.4, -0.2) is 136 Å². The Bertz CT molecular complexity index is 2420. The number of amides is 4. The molecule has 60 heavy (non-hydrogen) atoms. The van der Waals surface area contributed by atoms with Gasteiger partial charge >= 0.3 is 0 Å². The van der Waals surface area contributed by atoms with Crippen LogP contribution in [0.5, 0.6) is 5.75 Å². The molecule has 3 aromatic carbocycles. The fourth-order valence-corrected chi connectivity index (χ4v) is 10.1. The number of halogens is 4. The summed E-state index contributed by atoms with van der Waals surface area (Å²) in [5, 5.41) is 13.3. The molecule has 18 heteroatoms. The largest absolute Gasteiger partial charge is 0.489 e. The van der Waals surface area contributed by atoms with Crippen molar-refractivity contribution in [3.8, 4) is 5.75 Å². The number of nitrogens with zero attached hydrogens (tertiary/aromatic N) is 6. The van der Waals surface area contributed by atoms with Crippen molar-refractivity contribution in [3.05, 3.63) is 82.0 Å². The lowest BCUT2D eigenvalue weighted by molar-refractivity contribution is -0.137. The lowest BCUT2D eigenvalue weighted by Crippen LogP contribution is -2.62. The molecule has 7 heterocycles. The first-order valence-electron chi connectivity index (χ1n) is 20.4. The van der Waals surface area contributed by atoms with Crippen molar-refractivity contribution >= 4 is 45.9 Å². The monoisotopic (exact) mass is 829 g/mol. The number of anilines is 2. The zero-order valence-electron chi connectivity index (χ0n) is 32.7. The Hall–Kier alpha value is -5.75. The third-order valence-corrected chi connectivity index (χ3v) is 13.1. The minimum Gasteiger partial charge on any atom is -0.489 e. The summed E-state index contributed by atoms with van der Waals surface area (Å²) < 4.78 is 66.1. The van der Waals surface area contributed by atoms with Crippen molar-refractivity contribution in [1.82, 2.24) is 35.1 Å². The normalized spacial score (nSPS) is 24.5. The molecule has 3 fully saturated rings. The van der Waals surface area contributed by atoms with E-state index in [0.717, 1.165) is 27.7 Å². The first-order valence-corrected chi connectivity index (χ1v) is 20.4. The molecular formula is C42H43F4N9O5. The van der Waals surface area contributed by atoms with Gasteiger partial charge in [0, 0.05) is 73.0 Å². The van der Waals surface area contributed by atoms with Crippen molar-refractivity contribution in [1.29, 1.82) is 0 Å². The van der Waals surface area contributed by atoms with Crippen molar-refractivity contribution in [2.75, 3.05) is 62.6 Å². The number of H-pyrrole nitrogens is 1. The maximum absolute atomic E-state index is 16.1. The fourth-order valence-electron chi connectivity index (χ4n) is 10.1. The minimum absolute atomic E-state index is 0.0391. The number of hydrogen-bond acceptors (Lipinski definition) is 10. The van der Waals surface area contributed by atoms with Crippen LogP contribution in [0.4, 0.5) is 28.9 Å². The molecule has 3 N–H and O–H groups in total. The van der Waals surface area contributed by atoms with E-state index in [-0.39, 0.29) is 67.0 Å². The molecule has 0 aliphatic carbocycles. The number of likely N-dealkylation sites (tertiary alicyclic amines) is 1. The molecule has 14 nitrogen and oxygen atoms in total. The Labute approximate surface area is 341 Å². The van der Waals surface area contributed by atoms with Crippen LogP contribution in [0.15, 0.2) is 42.6 Å². The molecule has 6 aliphatic rings. The second-order valence-electron chi connectivity index (χ2n) is 16.7. The summed E-state index contributed by atoms with van der Waals surface area (Å²) in [5.41, 5.74) is 4.16. The van der Waals surface area contributed by atoms with Crippen molar-refractivity contribution in [2.24, 2.45) is 0 Å². The molecule has 0 bridgehead atoms. The maximum Gasteiger partial charge on any atom is 0.255 e. The Morgan fingerprint density at radius 2 is 1.82 bits per heavy atom. The molecule has 4 amide bonds. The van der Waals surface area contributed by atoms with Crippen LogP contribution < -0.4 is 20.3 Å². The van der Waals surface area contributed by atoms with E-state index in [2.05, 4.69) is 25.7 Å². The number of nitrogens with one attached hydrogen (secondary N) is 3. The van der Waals surface area contributed by atoms with Crippen LogP contribution in [0.3, 0.4) is 0 Å². The van der Waals surface area contributed by atoms with Gasteiger partial charge in [0.1, 0.15) is 30.0 Å². The highest BCUT2D eigenvalue weighted by atomic mass is 19.3. The smallest absolute Gasteiger partial charge is 0.255 e. The van der Waals surface area contributed by atoms with Crippen molar-refractivity contribution in [3.63, 3.8) is 0 Å². The van der Waals surface area contributed by atoms with Crippen LogP contribution in [0.25, 0.3) is 10.9 Å². The molecule has 0 radical (unpaired) electrons. The van der Waals surface area contributed by atoms with E-state index >= 15 is 8.78 Å². The standard InChI is InChI=1S/C42H43F4N9O5/c1-21-10-27-25(2-4-32-28(27)13-47-50-32)39(54(21)18-35(45)46)38-30(43)11-22(12-31(38)44)48-23-14-51(15-23)19-37(57)52-8-9-53-24(16-52)20-60-40-29-17-55(34-6-7-36(56)49-41(34)58)42(59)26(29)3-5-33(40)53/h2-5,11-13,21,23-24,34-35,39,48H,6-10,14-20H2,1H3,(H,47,50)(H,49,56,58)/t21-,24-,34?,39+/m1/s1. The predicted molar refractivity (Wildman–Crippen MR) is 210 cm³/mol. The van der Waals surface area contributed by atoms with Crippen LogP contribution in [0.2, 0.25) is 0 Å². The lowest BCUT2D eigenvalue weighted by atomic mass is 9.83. The SMILES string of the molecule is C[C@@H]1Cc2c(ccc3[nH]ncc23)[C@@H](c2c(F)cc(NC3CN(CC(=O)N4CCN5c6ccc7c(c6OC[C@H]5C4)CN(C4CCC(=O)NC4=O)C7=O)C3)cc2F)N1CC(F)F. The number of piperidine rings is 1. The second kappa shape index (κ2) is 14.8. The predicted octanol–water partition coefficient (Wildman–Crippen LogP) is 3.41. The summed E-state index contributed by atoms with van der Waals surface area (Å²) in [5.74, 6) is -2.17. The number of imide groups is 1. The number of fused-ring (bicyclic) bond motifs is 8. The first kappa shape index (κ1) is 38.5. The number of benzene rings is 3. The zero-order chi connectivity index (χ0) is 41.6. The molecular weight excluding hydrogens is 787 g/mol. The molecule has 4 atom stereocenters. The van der Waals surface area contributed by atoms with Gasteiger partial charge in [-0.1, -0.05) is 6.07 Å². The van der Waals surface area contributed by atoms with Gasteiger partial charge in [-0.05, 0) is 61.2 Å². The first-order chi connectivity index (χ1) is 28.9. The molecule has 6 aliphatic heterocycles. The average Bonchev–Trinajstić information content (AvgIpc) is 3.82. The van der Waals surface area contributed by atoms with E-state index in [1.165, 1.54) is 21.9 Å². The number of aromatic amines is 1. The van der Waals surface area contributed by atoms with Gasteiger partial charge in [0.2, 0.25) is 17.7 Å². The van der Waals surface area contributed by atoms with Gasteiger partial charge in [0.15, 0.2) is 0 Å². The van der Waals surface area contributed by atoms with Gasteiger partial charge < -0.3 is 24.8 Å². The third-order valence-electron chi connectivity index (χ3n) is 13.1. The van der Waals surface area contributed by atoms with Crippen LogP contribution in [0.1, 0.15) is 58.4 Å². The number of hydrogen-bond donors (Lipinski definition) is 3. The van der Waals surface area contributed by atoms with E-state index in [1.54, 1.807) is 31.3 Å². The number of rotatable bonds is 8. The number of ether oxygens (including phenoxy) is 1. The minimum atomic E-state index is -2.70. The Morgan fingerprint density at radius 1 is 1.02 bits per heavy atom. The van der Waals surface area contributed by atoms with Crippen LogP contribution in [-0.2, 0) is 27.3 Å². The Kier molecular flexibility index (Phi) is 9.46. The van der Waals surface area contributed by atoms with Gasteiger partial charge in [-0.15, -0.1) is 0 Å². The molecule has 0 saturated carbocycles. The summed E-state index contributed by atoms with van der Waals surface area (Å²) in [6, 6.07) is 7.08. The number of alkyl halides is 2. The molecule has 314 valence electrons. The summed E-state index contributed by atoms with van der Waals surface area (Å²) >= 11 is 0. The van der Waals surface area contributed by atoms with Gasteiger partial charge in [-0.2, -0.15) is 5.10 Å². The maximum atomic E-state index is 16.1. The molecule has 10 rings (SSSR count). The van der Waals surface area contributed by atoms with Crippen molar-refractivity contribution < 1.29 is 41.5 Å². The third kappa shape index (κ3) is 6.50. The van der Waals surface area contributed by atoms with E-state index in [4.69, 9.17) is 4.74 Å². The quantitative estimate of drug-likeness (QED) is 0.179. The Balaban J connectivity index is 0.759. The summed E-state index contributed by atoms with van der Waals surface area (Å²) in [7, 11) is 0. The molecule has 4 aromatic rings. The van der Waals surface area contributed by atoms with Crippen LogP contribution >= 0.6 is 0 Å². The highest BCUT2D eigenvalue weighted by molar-refractivity contribution is 6.06. The highest BCUT2D eigenvalue weighted by Gasteiger charge is 2.44.